The zero-order valence-electron chi connectivity index (χ0n) is 15.7. The lowest BCUT2D eigenvalue weighted by Gasteiger charge is -2.35. The molecular formula is C20H29FN2O3. The zero-order valence-corrected chi connectivity index (χ0v) is 15.7. The van der Waals surface area contributed by atoms with Crippen molar-refractivity contribution in [1.29, 1.82) is 0 Å². The van der Waals surface area contributed by atoms with Crippen LogP contribution in [0, 0.1) is 11.7 Å². The first-order chi connectivity index (χ1) is 12.5. The summed E-state index contributed by atoms with van der Waals surface area (Å²) in [5.41, 5.74) is -1.07. The van der Waals surface area contributed by atoms with Gasteiger partial charge in [-0.2, -0.15) is 0 Å². The number of nitrogens with zero attached hydrogens (tertiary/aromatic N) is 1. The molecule has 0 radical (unpaired) electrons. The molecule has 0 aliphatic carbocycles. The van der Waals surface area contributed by atoms with E-state index < -0.39 is 11.4 Å². The van der Waals surface area contributed by atoms with E-state index in [1.165, 1.54) is 13.2 Å². The maximum absolute atomic E-state index is 14.2. The van der Waals surface area contributed by atoms with Crippen molar-refractivity contribution in [1.82, 2.24) is 10.2 Å². The standard InChI is InChI=1S/C20H29FN2O3/c1-20(25-2,17-5-3-4-6-18(17)21)19(24)22-16-7-10-23(11-8-16)13-15-9-12-26-14-15/h3-6,15-16H,7-14H2,1-2H3,(H,22,24). The fourth-order valence-electron chi connectivity index (χ4n) is 3.85. The van der Waals surface area contributed by atoms with E-state index in [4.69, 9.17) is 9.47 Å². The number of ether oxygens (including phenoxy) is 2. The summed E-state index contributed by atoms with van der Waals surface area (Å²) in [4.78, 5) is 15.3. The van der Waals surface area contributed by atoms with Crippen molar-refractivity contribution in [2.45, 2.75) is 37.8 Å². The van der Waals surface area contributed by atoms with Crippen LogP contribution in [0.25, 0.3) is 0 Å². The summed E-state index contributed by atoms with van der Waals surface area (Å²) >= 11 is 0. The number of piperidine rings is 1. The van der Waals surface area contributed by atoms with Gasteiger partial charge in [-0.1, -0.05) is 18.2 Å². The van der Waals surface area contributed by atoms with Crippen LogP contribution in [0.2, 0.25) is 0 Å². The number of hydrogen-bond acceptors (Lipinski definition) is 4. The van der Waals surface area contributed by atoms with Crippen LogP contribution in [0.1, 0.15) is 31.7 Å². The molecule has 144 valence electrons. The number of benzene rings is 1. The van der Waals surface area contributed by atoms with Crippen LogP contribution in [0.5, 0.6) is 0 Å². The predicted molar refractivity (Wildman–Crippen MR) is 97.3 cm³/mol. The average Bonchev–Trinajstić information content (AvgIpc) is 3.16. The summed E-state index contributed by atoms with van der Waals surface area (Å²) in [5.74, 6) is -0.0766. The van der Waals surface area contributed by atoms with Gasteiger partial charge < -0.3 is 19.7 Å². The number of carbonyl (C=O) groups excluding carboxylic acids is 1. The Balaban J connectivity index is 1.55. The van der Waals surface area contributed by atoms with Gasteiger partial charge in [0.2, 0.25) is 0 Å². The van der Waals surface area contributed by atoms with E-state index in [9.17, 15) is 9.18 Å². The van der Waals surface area contributed by atoms with Crippen molar-refractivity contribution in [3.63, 3.8) is 0 Å². The molecule has 2 fully saturated rings. The molecule has 0 bridgehead atoms. The van der Waals surface area contributed by atoms with Crippen LogP contribution in [0.4, 0.5) is 4.39 Å². The number of likely N-dealkylation sites (tertiary alicyclic amines) is 1. The smallest absolute Gasteiger partial charge is 0.256 e. The van der Waals surface area contributed by atoms with Gasteiger partial charge in [-0.25, -0.2) is 4.39 Å². The quantitative estimate of drug-likeness (QED) is 0.842. The topological polar surface area (TPSA) is 50.8 Å². The van der Waals surface area contributed by atoms with Crippen molar-refractivity contribution < 1.29 is 18.7 Å². The highest BCUT2D eigenvalue weighted by Gasteiger charge is 2.39. The van der Waals surface area contributed by atoms with Crippen LogP contribution in [-0.2, 0) is 19.9 Å². The fourth-order valence-corrected chi connectivity index (χ4v) is 3.85. The first kappa shape index (κ1) is 19.3. The highest BCUT2D eigenvalue weighted by Crippen LogP contribution is 2.28. The minimum absolute atomic E-state index is 0.0971. The van der Waals surface area contributed by atoms with Crippen molar-refractivity contribution in [2.75, 3.05) is 40.0 Å². The van der Waals surface area contributed by atoms with Gasteiger partial charge in [-0.15, -0.1) is 0 Å². The van der Waals surface area contributed by atoms with Crippen LogP contribution in [0.3, 0.4) is 0 Å². The van der Waals surface area contributed by atoms with Crippen LogP contribution < -0.4 is 5.32 Å². The molecule has 1 aromatic carbocycles. The van der Waals surface area contributed by atoms with Gasteiger partial charge in [0.1, 0.15) is 5.82 Å². The van der Waals surface area contributed by atoms with Gasteiger partial charge in [-0.3, -0.25) is 4.79 Å². The zero-order chi connectivity index (χ0) is 18.6. The molecule has 2 heterocycles. The lowest BCUT2D eigenvalue weighted by Crippen LogP contribution is -2.51. The third kappa shape index (κ3) is 4.24. The number of nitrogens with one attached hydrogen (secondary N) is 1. The Morgan fingerprint density at radius 1 is 1.35 bits per heavy atom. The Hall–Kier alpha value is -1.50. The molecule has 1 amide bonds. The molecular weight excluding hydrogens is 335 g/mol. The first-order valence-electron chi connectivity index (χ1n) is 9.44. The fraction of sp³-hybridized carbons (Fsp3) is 0.650. The average molecular weight is 364 g/mol. The molecule has 1 N–H and O–H groups in total. The van der Waals surface area contributed by atoms with E-state index in [0.717, 1.165) is 52.1 Å². The summed E-state index contributed by atoms with van der Waals surface area (Å²) < 4.78 is 25.1. The maximum Gasteiger partial charge on any atom is 0.256 e. The summed E-state index contributed by atoms with van der Waals surface area (Å²) in [7, 11) is 1.44. The molecule has 2 saturated heterocycles. The third-order valence-electron chi connectivity index (χ3n) is 5.69. The van der Waals surface area contributed by atoms with Crippen LogP contribution in [-0.4, -0.2) is 56.8 Å². The SMILES string of the molecule is COC(C)(C(=O)NC1CCN(CC2CCOC2)CC1)c1ccccc1F. The van der Waals surface area contributed by atoms with Crippen molar-refractivity contribution in [3.05, 3.63) is 35.6 Å². The van der Waals surface area contributed by atoms with Gasteiger partial charge in [0.15, 0.2) is 5.60 Å². The Morgan fingerprint density at radius 2 is 2.08 bits per heavy atom. The number of halogens is 1. The van der Waals surface area contributed by atoms with Gasteiger partial charge in [0.05, 0.1) is 6.61 Å². The van der Waals surface area contributed by atoms with E-state index in [0.29, 0.717) is 5.92 Å². The van der Waals surface area contributed by atoms with E-state index in [-0.39, 0.29) is 17.5 Å². The summed E-state index contributed by atoms with van der Waals surface area (Å²) in [6.07, 6.45) is 2.94. The second-order valence-corrected chi connectivity index (χ2v) is 7.50. The summed E-state index contributed by atoms with van der Waals surface area (Å²) in [6.45, 7) is 6.37. The van der Waals surface area contributed by atoms with Gasteiger partial charge in [0.25, 0.3) is 5.91 Å². The molecule has 2 unspecified atom stereocenters. The molecule has 0 aromatic heterocycles. The molecule has 1 aromatic rings. The third-order valence-corrected chi connectivity index (χ3v) is 5.69. The van der Waals surface area contributed by atoms with Gasteiger partial charge >= 0.3 is 0 Å². The van der Waals surface area contributed by atoms with Crippen molar-refractivity contribution in [3.8, 4) is 0 Å². The monoisotopic (exact) mass is 364 g/mol. The Morgan fingerprint density at radius 3 is 2.69 bits per heavy atom. The molecule has 0 spiro atoms. The van der Waals surface area contributed by atoms with Crippen LogP contribution >= 0.6 is 0 Å². The Kier molecular flexibility index (Phi) is 6.27. The highest BCUT2D eigenvalue weighted by atomic mass is 19.1. The number of methoxy groups -OCH3 is 1. The normalized spacial score (nSPS) is 24.3. The minimum Gasteiger partial charge on any atom is -0.381 e. The Bertz CT molecular complexity index is 613. The molecule has 26 heavy (non-hydrogen) atoms. The summed E-state index contributed by atoms with van der Waals surface area (Å²) in [6, 6.07) is 6.38. The first-order valence-corrected chi connectivity index (χ1v) is 9.44. The van der Waals surface area contributed by atoms with E-state index in [2.05, 4.69) is 10.2 Å². The molecule has 5 nitrogen and oxygen atoms in total. The van der Waals surface area contributed by atoms with Gasteiger partial charge in [0, 0.05) is 45.0 Å². The highest BCUT2D eigenvalue weighted by molar-refractivity contribution is 5.86. The predicted octanol–water partition coefficient (Wildman–Crippen LogP) is 2.30. The molecule has 2 atom stereocenters. The number of hydrogen-bond donors (Lipinski definition) is 1. The number of amides is 1. The molecule has 3 rings (SSSR count). The molecule has 2 aliphatic rings. The minimum atomic E-state index is -1.33. The lowest BCUT2D eigenvalue weighted by molar-refractivity contribution is -0.144. The lowest BCUT2D eigenvalue weighted by atomic mass is 9.93. The second kappa shape index (κ2) is 8.46. The van der Waals surface area contributed by atoms with E-state index >= 15 is 0 Å². The number of rotatable bonds is 6. The van der Waals surface area contributed by atoms with E-state index in [1.54, 1.807) is 25.1 Å². The largest absolute Gasteiger partial charge is 0.381 e. The van der Waals surface area contributed by atoms with Crippen molar-refractivity contribution >= 4 is 5.91 Å². The van der Waals surface area contributed by atoms with Crippen LogP contribution in [0.15, 0.2) is 24.3 Å². The summed E-state index contributed by atoms with van der Waals surface area (Å²) in [5, 5.41) is 3.07. The number of carbonyl (C=O) groups is 1. The maximum atomic E-state index is 14.2. The molecule has 2 aliphatic heterocycles. The second-order valence-electron chi connectivity index (χ2n) is 7.50. The van der Waals surface area contributed by atoms with E-state index in [1.807, 2.05) is 0 Å². The van der Waals surface area contributed by atoms with Crippen molar-refractivity contribution in [2.24, 2.45) is 5.92 Å². The van der Waals surface area contributed by atoms with Gasteiger partial charge in [-0.05, 0) is 38.2 Å². The molecule has 0 saturated carbocycles. The molecule has 6 heteroatoms. The Labute approximate surface area is 154 Å².